The van der Waals surface area contributed by atoms with E-state index in [2.05, 4.69) is 10.6 Å². The predicted octanol–water partition coefficient (Wildman–Crippen LogP) is 5.96. The first-order valence-corrected chi connectivity index (χ1v) is 10.6. The van der Waals surface area contributed by atoms with Crippen LogP contribution in [-0.4, -0.2) is 24.9 Å². The fourth-order valence-corrected chi connectivity index (χ4v) is 4.29. The molecule has 0 spiro atoms. The van der Waals surface area contributed by atoms with E-state index in [1.807, 2.05) is 6.92 Å². The third kappa shape index (κ3) is 5.07. The van der Waals surface area contributed by atoms with Crippen molar-refractivity contribution in [3.05, 3.63) is 79.6 Å². The Balaban J connectivity index is 1.93. The Morgan fingerprint density at radius 3 is 2.35 bits per heavy atom. The second-order valence-corrected chi connectivity index (χ2v) is 8.50. The van der Waals surface area contributed by atoms with Crippen molar-refractivity contribution in [1.82, 2.24) is 0 Å². The zero-order valence-corrected chi connectivity index (χ0v) is 19.2. The molecule has 2 aromatic carbocycles. The maximum Gasteiger partial charge on any atom is 0.341 e. The van der Waals surface area contributed by atoms with Crippen molar-refractivity contribution in [3.63, 3.8) is 0 Å². The molecule has 3 rings (SSSR count). The zero-order chi connectivity index (χ0) is 22.7. The third-order valence-electron chi connectivity index (χ3n) is 4.49. The maximum atomic E-state index is 12.9. The maximum absolute atomic E-state index is 12.9. The normalized spacial score (nSPS) is 10.5. The minimum Gasteiger partial charge on any atom is -0.465 e. The minimum atomic E-state index is -0.660. The first-order valence-electron chi connectivity index (χ1n) is 9.07. The SMILES string of the molecule is COC(=O)c1c(NC(=O)c2cccc(Cl)c2)sc(C(=O)Nc2ccc(C)c(Cl)c2)c1C. The first kappa shape index (κ1) is 22.8. The summed E-state index contributed by atoms with van der Waals surface area (Å²) in [7, 11) is 1.23. The van der Waals surface area contributed by atoms with Crippen LogP contribution in [0, 0.1) is 13.8 Å². The number of methoxy groups -OCH3 is 1. The fraction of sp³-hybridized carbons (Fsp3) is 0.136. The number of hydrogen-bond acceptors (Lipinski definition) is 5. The second-order valence-electron chi connectivity index (χ2n) is 6.63. The summed E-state index contributed by atoms with van der Waals surface area (Å²) in [6.45, 7) is 3.48. The van der Waals surface area contributed by atoms with Crippen LogP contribution in [0.4, 0.5) is 10.7 Å². The van der Waals surface area contributed by atoms with Crippen LogP contribution in [-0.2, 0) is 4.74 Å². The number of ether oxygens (including phenoxy) is 1. The smallest absolute Gasteiger partial charge is 0.341 e. The Bertz CT molecular complexity index is 1190. The molecule has 0 saturated carbocycles. The van der Waals surface area contributed by atoms with E-state index in [9.17, 15) is 14.4 Å². The molecule has 2 N–H and O–H groups in total. The standard InChI is InChI=1S/C22H18Cl2N2O4S/c1-11-7-8-15(10-16(11)24)25-20(28)18-12(2)17(22(29)30-3)21(31-18)26-19(27)13-5-4-6-14(23)9-13/h4-10H,1-3H3,(H,25,28)(H,26,27). The quantitative estimate of drug-likeness (QED) is 0.444. The van der Waals surface area contributed by atoms with Gasteiger partial charge in [0, 0.05) is 21.3 Å². The predicted molar refractivity (Wildman–Crippen MR) is 124 cm³/mol. The molecule has 0 fully saturated rings. The van der Waals surface area contributed by atoms with Crippen LogP contribution in [0.3, 0.4) is 0 Å². The summed E-state index contributed by atoms with van der Waals surface area (Å²) in [6, 6.07) is 11.5. The van der Waals surface area contributed by atoms with Crippen molar-refractivity contribution in [1.29, 1.82) is 0 Å². The fourth-order valence-electron chi connectivity index (χ4n) is 2.83. The van der Waals surface area contributed by atoms with Gasteiger partial charge in [0.2, 0.25) is 0 Å². The van der Waals surface area contributed by atoms with E-state index in [0.29, 0.717) is 26.9 Å². The number of carbonyl (C=O) groups excluding carboxylic acids is 3. The highest BCUT2D eigenvalue weighted by Gasteiger charge is 2.26. The Morgan fingerprint density at radius 1 is 0.968 bits per heavy atom. The molecule has 0 aliphatic heterocycles. The van der Waals surface area contributed by atoms with Gasteiger partial charge in [-0.15, -0.1) is 11.3 Å². The van der Waals surface area contributed by atoms with Crippen molar-refractivity contribution in [3.8, 4) is 0 Å². The van der Waals surface area contributed by atoms with E-state index in [1.165, 1.54) is 13.2 Å². The zero-order valence-electron chi connectivity index (χ0n) is 16.8. The van der Waals surface area contributed by atoms with Crippen molar-refractivity contribution < 1.29 is 19.1 Å². The monoisotopic (exact) mass is 476 g/mol. The van der Waals surface area contributed by atoms with Gasteiger partial charge >= 0.3 is 5.97 Å². The molecule has 1 aromatic heterocycles. The van der Waals surface area contributed by atoms with Crippen molar-refractivity contribution in [2.24, 2.45) is 0 Å². The van der Waals surface area contributed by atoms with Gasteiger partial charge in [-0.25, -0.2) is 4.79 Å². The molecule has 3 aromatic rings. The molecule has 31 heavy (non-hydrogen) atoms. The van der Waals surface area contributed by atoms with Gasteiger partial charge in [-0.05, 0) is 55.3 Å². The summed E-state index contributed by atoms with van der Waals surface area (Å²) in [6.07, 6.45) is 0. The van der Waals surface area contributed by atoms with Gasteiger partial charge in [0.25, 0.3) is 11.8 Å². The number of esters is 1. The lowest BCUT2D eigenvalue weighted by Crippen LogP contribution is -2.14. The summed E-state index contributed by atoms with van der Waals surface area (Å²) in [4.78, 5) is 38.2. The number of halogens is 2. The number of amides is 2. The highest BCUT2D eigenvalue weighted by atomic mass is 35.5. The van der Waals surface area contributed by atoms with Gasteiger partial charge in [-0.3, -0.25) is 9.59 Å². The Labute approximate surface area is 193 Å². The van der Waals surface area contributed by atoms with Crippen LogP contribution in [0.5, 0.6) is 0 Å². The van der Waals surface area contributed by atoms with Crippen LogP contribution in [0.2, 0.25) is 10.0 Å². The van der Waals surface area contributed by atoms with Crippen LogP contribution in [0.25, 0.3) is 0 Å². The van der Waals surface area contributed by atoms with E-state index in [1.54, 1.807) is 43.3 Å². The number of aryl methyl sites for hydroxylation is 1. The summed E-state index contributed by atoms with van der Waals surface area (Å²) < 4.78 is 4.85. The average molecular weight is 477 g/mol. The molecule has 0 radical (unpaired) electrons. The lowest BCUT2D eigenvalue weighted by molar-refractivity contribution is 0.0601. The van der Waals surface area contributed by atoms with Crippen LogP contribution in [0.1, 0.15) is 41.5 Å². The highest BCUT2D eigenvalue weighted by molar-refractivity contribution is 7.19. The number of thiophene rings is 1. The van der Waals surface area contributed by atoms with Crippen LogP contribution < -0.4 is 10.6 Å². The van der Waals surface area contributed by atoms with Gasteiger partial charge in [-0.2, -0.15) is 0 Å². The van der Waals surface area contributed by atoms with Gasteiger partial charge in [-0.1, -0.05) is 35.3 Å². The molecule has 6 nitrogen and oxygen atoms in total. The van der Waals surface area contributed by atoms with E-state index < -0.39 is 17.8 Å². The lowest BCUT2D eigenvalue weighted by Gasteiger charge is -2.07. The number of rotatable bonds is 5. The molecule has 0 unspecified atom stereocenters. The molecule has 1 heterocycles. The molecular formula is C22H18Cl2N2O4S. The van der Waals surface area contributed by atoms with Gasteiger partial charge in [0.15, 0.2) is 0 Å². The molecule has 0 aliphatic carbocycles. The minimum absolute atomic E-state index is 0.120. The second kappa shape index (κ2) is 9.51. The largest absolute Gasteiger partial charge is 0.465 e. The van der Waals surface area contributed by atoms with E-state index in [4.69, 9.17) is 27.9 Å². The lowest BCUT2D eigenvalue weighted by atomic mass is 10.1. The van der Waals surface area contributed by atoms with Crippen molar-refractivity contribution >= 4 is 63.0 Å². The summed E-state index contributed by atoms with van der Waals surface area (Å²) >= 11 is 13.1. The summed E-state index contributed by atoms with van der Waals surface area (Å²) in [5, 5.41) is 6.58. The molecule has 160 valence electrons. The highest BCUT2D eigenvalue weighted by Crippen LogP contribution is 2.35. The molecule has 0 aliphatic rings. The molecular weight excluding hydrogens is 459 g/mol. The van der Waals surface area contributed by atoms with Gasteiger partial charge < -0.3 is 15.4 Å². The Morgan fingerprint density at radius 2 is 1.71 bits per heavy atom. The Kier molecular flexibility index (Phi) is 7.00. The number of carbonyl (C=O) groups is 3. The van der Waals surface area contributed by atoms with Gasteiger partial charge in [0.1, 0.15) is 5.00 Å². The number of benzene rings is 2. The summed E-state index contributed by atoms with van der Waals surface area (Å²) in [5.41, 5.74) is 2.22. The number of nitrogens with one attached hydrogen (secondary N) is 2. The number of hydrogen-bond donors (Lipinski definition) is 2. The molecule has 0 saturated heterocycles. The van der Waals surface area contributed by atoms with Crippen molar-refractivity contribution in [2.75, 3.05) is 17.7 Å². The molecule has 2 amide bonds. The molecule has 0 bridgehead atoms. The average Bonchev–Trinajstić information content (AvgIpc) is 3.06. The van der Waals surface area contributed by atoms with E-state index >= 15 is 0 Å². The molecule has 9 heteroatoms. The van der Waals surface area contributed by atoms with E-state index in [0.717, 1.165) is 16.9 Å². The van der Waals surface area contributed by atoms with E-state index in [-0.39, 0.29) is 15.4 Å². The van der Waals surface area contributed by atoms with Crippen molar-refractivity contribution in [2.45, 2.75) is 13.8 Å². The van der Waals surface area contributed by atoms with Crippen LogP contribution >= 0.6 is 34.5 Å². The van der Waals surface area contributed by atoms with Gasteiger partial charge in [0.05, 0.1) is 17.6 Å². The summed E-state index contributed by atoms with van der Waals surface area (Å²) in [5.74, 6) is -1.56. The van der Waals surface area contributed by atoms with Crippen LogP contribution in [0.15, 0.2) is 42.5 Å². The Hall–Kier alpha value is -2.87. The molecule has 0 atom stereocenters. The number of anilines is 2. The third-order valence-corrected chi connectivity index (χ3v) is 6.33. The topological polar surface area (TPSA) is 84.5 Å². The first-order chi connectivity index (χ1) is 14.7.